The van der Waals surface area contributed by atoms with Gasteiger partial charge in [-0.2, -0.15) is 0 Å². The number of carbonyl (C=O) groups excluding carboxylic acids is 1. The third-order valence-corrected chi connectivity index (χ3v) is 3.74. The van der Waals surface area contributed by atoms with Crippen LogP contribution in [0.5, 0.6) is 0 Å². The molecule has 0 aromatic carbocycles. The zero-order chi connectivity index (χ0) is 16.4. The molecule has 20 heavy (non-hydrogen) atoms. The first-order valence-corrected chi connectivity index (χ1v) is 7.24. The minimum atomic E-state index is -1.03. The lowest BCUT2D eigenvalue weighted by Gasteiger charge is -2.35. The van der Waals surface area contributed by atoms with Gasteiger partial charge in [-0.1, -0.05) is 34.6 Å². The maximum absolute atomic E-state index is 12.2. The van der Waals surface area contributed by atoms with E-state index in [-0.39, 0.29) is 29.2 Å². The van der Waals surface area contributed by atoms with Gasteiger partial charge in [-0.3, -0.25) is 9.59 Å². The van der Waals surface area contributed by atoms with Gasteiger partial charge in [0, 0.05) is 12.0 Å². The summed E-state index contributed by atoms with van der Waals surface area (Å²) < 4.78 is 0. The van der Waals surface area contributed by atoms with E-state index in [9.17, 15) is 14.7 Å². The number of nitrogens with one attached hydrogen (secondary N) is 1. The topological polar surface area (TPSA) is 66.4 Å². The van der Waals surface area contributed by atoms with Gasteiger partial charge in [0.05, 0.1) is 5.41 Å². The molecule has 0 aliphatic rings. The summed E-state index contributed by atoms with van der Waals surface area (Å²) in [7, 11) is 0. The zero-order valence-electron chi connectivity index (χ0n) is 14.3. The summed E-state index contributed by atoms with van der Waals surface area (Å²) in [6.07, 6.45) is 0.838. The monoisotopic (exact) mass is 285 g/mol. The molecule has 0 rings (SSSR count). The summed E-state index contributed by atoms with van der Waals surface area (Å²) in [4.78, 5) is 23.6. The average molecular weight is 285 g/mol. The largest absolute Gasteiger partial charge is 0.481 e. The van der Waals surface area contributed by atoms with Crippen LogP contribution in [0.15, 0.2) is 0 Å². The normalized spacial score (nSPS) is 15.8. The van der Waals surface area contributed by atoms with Gasteiger partial charge in [-0.15, -0.1) is 0 Å². The maximum Gasteiger partial charge on any atom is 0.310 e. The van der Waals surface area contributed by atoms with E-state index in [2.05, 4.69) is 26.1 Å². The van der Waals surface area contributed by atoms with Crippen molar-refractivity contribution in [1.82, 2.24) is 5.32 Å². The minimum absolute atomic E-state index is 0.00751. The highest BCUT2D eigenvalue weighted by Crippen LogP contribution is 2.32. The van der Waals surface area contributed by atoms with E-state index < -0.39 is 11.4 Å². The van der Waals surface area contributed by atoms with Crippen LogP contribution in [0.4, 0.5) is 0 Å². The van der Waals surface area contributed by atoms with E-state index in [1.807, 2.05) is 27.7 Å². The quantitative estimate of drug-likeness (QED) is 0.785. The van der Waals surface area contributed by atoms with Gasteiger partial charge >= 0.3 is 5.97 Å². The van der Waals surface area contributed by atoms with E-state index >= 15 is 0 Å². The molecule has 0 aliphatic carbocycles. The number of carboxylic acid groups (broad SMARTS) is 1. The van der Waals surface area contributed by atoms with E-state index in [0.717, 1.165) is 6.42 Å². The van der Waals surface area contributed by atoms with Crippen molar-refractivity contribution in [3.63, 3.8) is 0 Å². The summed E-state index contributed by atoms with van der Waals surface area (Å²) in [5.41, 5.74) is -1.27. The van der Waals surface area contributed by atoms with Crippen molar-refractivity contribution in [2.24, 2.45) is 16.7 Å². The molecule has 1 amide bonds. The second-order valence-electron chi connectivity index (χ2n) is 8.22. The third kappa shape index (κ3) is 5.93. The highest BCUT2D eigenvalue weighted by atomic mass is 16.4. The van der Waals surface area contributed by atoms with Crippen molar-refractivity contribution in [2.75, 3.05) is 0 Å². The number of carbonyl (C=O) groups is 2. The van der Waals surface area contributed by atoms with Crippen LogP contribution >= 0.6 is 0 Å². The Hall–Kier alpha value is -1.06. The molecular formula is C16H31NO3. The fourth-order valence-electron chi connectivity index (χ4n) is 2.65. The number of amides is 1. The van der Waals surface area contributed by atoms with Crippen molar-refractivity contribution >= 4 is 11.9 Å². The van der Waals surface area contributed by atoms with Crippen LogP contribution in [0.1, 0.15) is 68.2 Å². The Morgan fingerprint density at radius 3 is 1.80 bits per heavy atom. The number of rotatable bonds is 6. The molecular weight excluding hydrogens is 254 g/mol. The molecule has 0 heterocycles. The molecule has 0 spiro atoms. The van der Waals surface area contributed by atoms with Gasteiger partial charge in [0.1, 0.15) is 0 Å². The Morgan fingerprint density at radius 1 is 1.05 bits per heavy atom. The Balaban J connectivity index is 4.83. The van der Waals surface area contributed by atoms with Crippen LogP contribution in [-0.2, 0) is 9.59 Å². The molecule has 0 fully saturated rings. The molecule has 118 valence electrons. The predicted molar refractivity (Wildman–Crippen MR) is 81.5 cm³/mol. The fraction of sp³-hybridized carbons (Fsp3) is 0.875. The van der Waals surface area contributed by atoms with Crippen LogP contribution in [-0.4, -0.2) is 22.5 Å². The fourth-order valence-corrected chi connectivity index (χ4v) is 2.65. The summed E-state index contributed by atoms with van der Waals surface area (Å²) in [5.74, 6) is -1.22. The van der Waals surface area contributed by atoms with Gasteiger partial charge in [0.2, 0.25) is 5.91 Å². The lowest BCUT2D eigenvalue weighted by atomic mass is 9.75. The van der Waals surface area contributed by atoms with E-state index in [0.29, 0.717) is 0 Å². The standard InChI is InChI=1S/C16H31NO3/c1-11(2)16(8,13(19)20)9-12(18)17-15(6,7)10-14(3,4)5/h11H,9-10H2,1-8H3,(H,17,18)(H,19,20). The Morgan fingerprint density at radius 2 is 1.50 bits per heavy atom. The van der Waals surface area contributed by atoms with Crippen molar-refractivity contribution < 1.29 is 14.7 Å². The lowest BCUT2D eigenvalue weighted by molar-refractivity contribution is -0.154. The second-order valence-corrected chi connectivity index (χ2v) is 8.22. The first-order valence-electron chi connectivity index (χ1n) is 7.24. The van der Waals surface area contributed by atoms with Gasteiger partial charge in [-0.05, 0) is 38.5 Å². The molecule has 0 radical (unpaired) electrons. The molecule has 2 N–H and O–H groups in total. The highest BCUT2D eigenvalue weighted by Gasteiger charge is 2.39. The highest BCUT2D eigenvalue weighted by molar-refractivity contribution is 5.85. The smallest absolute Gasteiger partial charge is 0.310 e. The lowest BCUT2D eigenvalue weighted by Crippen LogP contribution is -2.48. The summed E-state index contributed by atoms with van der Waals surface area (Å²) in [6, 6.07) is 0. The van der Waals surface area contributed by atoms with Gasteiger partial charge in [0.25, 0.3) is 0 Å². The summed E-state index contributed by atoms with van der Waals surface area (Å²) in [6.45, 7) is 15.6. The van der Waals surface area contributed by atoms with E-state index in [1.54, 1.807) is 6.92 Å². The second kappa shape index (κ2) is 6.15. The first-order chi connectivity index (χ1) is 8.69. The predicted octanol–water partition coefficient (Wildman–Crippen LogP) is 3.45. The molecule has 0 bridgehead atoms. The molecule has 4 heteroatoms. The number of aliphatic carboxylic acids is 1. The molecule has 1 unspecified atom stereocenters. The molecule has 0 aromatic heterocycles. The number of hydrogen-bond acceptors (Lipinski definition) is 2. The molecule has 4 nitrogen and oxygen atoms in total. The van der Waals surface area contributed by atoms with Crippen molar-refractivity contribution in [1.29, 1.82) is 0 Å². The van der Waals surface area contributed by atoms with Crippen LogP contribution in [0.2, 0.25) is 0 Å². The number of hydrogen-bond donors (Lipinski definition) is 2. The van der Waals surface area contributed by atoms with Gasteiger partial charge in [-0.25, -0.2) is 0 Å². The SMILES string of the molecule is CC(C)C(C)(CC(=O)NC(C)(C)CC(C)(C)C)C(=O)O. The van der Waals surface area contributed by atoms with Gasteiger partial charge in [0.15, 0.2) is 0 Å². The third-order valence-electron chi connectivity index (χ3n) is 3.74. The first kappa shape index (κ1) is 18.9. The molecule has 0 saturated heterocycles. The van der Waals surface area contributed by atoms with Crippen LogP contribution in [0.3, 0.4) is 0 Å². The van der Waals surface area contributed by atoms with Crippen molar-refractivity contribution in [2.45, 2.75) is 73.8 Å². The summed E-state index contributed by atoms with van der Waals surface area (Å²) >= 11 is 0. The van der Waals surface area contributed by atoms with E-state index in [1.165, 1.54) is 0 Å². The molecule has 0 aromatic rings. The number of carboxylic acids is 1. The average Bonchev–Trinajstić information content (AvgIpc) is 2.10. The molecule has 1 atom stereocenters. The van der Waals surface area contributed by atoms with Crippen LogP contribution in [0, 0.1) is 16.7 Å². The molecule has 0 aliphatic heterocycles. The summed E-state index contributed by atoms with van der Waals surface area (Å²) in [5, 5.41) is 12.3. The zero-order valence-corrected chi connectivity index (χ0v) is 14.3. The minimum Gasteiger partial charge on any atom is -0.481 e. The van der Waals surface area contributed by atoms with Crippen LogP contribution in [0.25, 0.3) is 0 Å². The molecule has 0 saturated carbocycles. The maximum atomic E-state index is 12.2. The van der Waals surface area contributed by atoms with Crippen molar-refractivity contribution in [3.8, 4) is 0 Å². The Kier molecular flexibility index (Phi) is 5.82. The Bertz CT molecular complexity index is 366. The van der Waals surface area contributed by atoms with Crippen LogP contribution < -0.4 is 5.32 Å². The van der Waals surface area contributed by atoms with Gasteiger partial charge < -0.3 is 10.4 Å². The van der Waals surface area contributed by atoms with E-state index in [4.69, 9.17) is 0 Å². The Labute approximate surface area is 123 Å². The van der Waals surface area contributed by atoms with Crippen molar-refractivity contribution in [3.05, 3.63) is 0 Å².